The summed E-state index contributed by atoms with van der Waals surface area (Å²) in [6.07, 6.45) is 0. The first-order valence-corrected chi connectivity index (χ1v) is 7.92. The molecular formula is C17H22ClN3O2. The molecule has 0 spiro atoms. The monoisotopic (exact) mass is 335 g/mol. The van der Waals surface area contributed by atoms with Crippen LogP contribution < -0.4 is 5.32 Å². The lowest BCUT2D eigenvalue weighted by atomic mass is 9.92. The van der Waals surface area contributed by atoms with Crippen LogP contribution in [0.15, 0.2) is 30.3 Å². The zero-order chi connectivity index (χ0) is 17.2. The molecule has 0 aliphatic carbocycles. The third-order valence-corrected chi connectivity index (χ3v) is 4.37. The number of nitrogens with one attached hydrogen (secondary N) is 1. The molecule has 1 heterocycles. The molecule has 0 saturated carbocycles. The highest BCUT2D eigenvalue weighted by atomic mass is 35.5. The average molecular weight is 336 g/mol. The van der Waals surface area contributed by atoms with Gasteiger partial charge in [-0.2, -0.15) is 5.10 Å². The van der Waals surface area contributed by atoms with E-state index in [9.17, 15) is 9.90 Å². The Morgan fingerprint density at radius 3 is 2.70 bits per heavy atom. The molecule has 124 valence electrons. The van der Waals surface area contributed by atoms with Crippen LogP contribution in [0.2, 0.25) is 5.02 Å². The first-order chi connectivity index (χ1) is 10.7. The van der Waals surface area contributed by atoms with Crippen molar-refractivity contribution in [2.75, 3.05) is 6.54 Å². The van der Waals surface area contributed by atoms with Gasteiger partial charge in [-0.15, -0.1) is 0 Å². The number of amides is 1. The lowest BCUT2D eigenvalue weighted by Crippen LogP contribution is -2.44. The number of hydrogen-bond acceptors (Lipinski definition) is 3. The van der Waals surface area contributed by atoms with Crippen LogP contribution in [0.3, 0.4) is 0 Å². The van der Waals surface area contributed by atoms with E-state index in [1.165, 1.54) is 0 Å². The van der Waals surface area contributed by atoms with Crippen LogP contribution in [0.25, 0.3) is 5.69 Å². The summed E-state index contributed by atoms with van der Waals surface area (Å²) in [5.41, 5.74) is 0.858. The topological polar surface area (TPSA) is 67.2 Å². The summed E-state index contributed by atoms with van der Waals surface area (Å²) in [6.45, 7) is 7.54. The average Bonchev–Trinajstić information content (AvgIpc) is 2.87. The molecule has 0 aliphatic rings. The van der Waals surface area contributed by atoms with E-state index >= 15 is 0 Å². The van der Waals surface area contributed by atoms with E-state index in [1.807, 2.05) is 39.0 Å². The molecule has 2 rings (SSSR count). The molecule has 0 saturated heterocycles. The molecule has 1 aromatic heterocycles. The van der Waals surface area contributed by atoms with Crippen molar-refractivity contribution in [3.8, 4) is 5.69 Å². The lowest BCUT2D eigenvalue weighted by Gasteiger charge is -2.27. The fourth-order valence-corrected chi connectivity index (χ4v) is 2.22. The zero-order valence-electron chi connectivity index (χ0n) is 13.8. The van der Waals surface area contributed by atoms with Crippen LogP contribution in [0.1, 0.15) is 37.0 Å². The molecule has 1 amide bonds. The van der Waals surface area contributed by atoms with Crippen LogP contribution in [-0.2, 0) is 0 Å². The molecule has 1 unspecified atom stereocenters. The number of aromatic nitrogens is 2. The summed E-state index contributed by atoms with van der Waals surface area (Å²) < 4.78 is 1.64. The van der Waals surface area contributed by atoms with E-state index in [-0.39, 0.29) is 18.4 Å². The van der Waals surface area contributed by atoms with Crippen LogP contribution in [0.4, 0.5) is 0 Å². The Bertz CT molecular complexity index is 708. The van der Waals surface area contributed by atoms with Gasteiger partial charge in [0.25, 0.3) is 5.91 Å². The number of rotatable bonds is 5. The number of hydrogen-bond donors (Lipinski definition) is 2. The van der Waals surface area contributed by atoms with Gasteiger partial charge in [-0.25, -0.2) is 4.68 Å². The summed E-state index contributed by atoms with van der Waals surface area (Å²) in [5, 5.41) is 17.8. The maximum atomic E-state index is 12.3. The van der Waals surface area contributed by atoms with Crippen LogP contribution >= 0.6 is 11.6 Å². The van der Waals surface area contributed by atoms with Crippen molar-refractivity contribution in [2.45, 2.75) is 33.3 Å². The molecule has 0 aliphatic heterocycles. The van der Waals surface area contributed by atoms with E-state index < -0.39 is 5.60 Å². The van der Waals surface area contributed by atoms with Crippen molar-refractivity contribution in [3.05, 3.63) is 46.7 Å². The van der Waals surface area contributed by atoms with Gasteiger partial charge in [-0.05, 0) is 38.0 Å². The van der Waals surface area contributed by atoms with Crippen molar-refractivity contribution < 1.29 is 9.90 Å². The fourth-order valence-electron chi connectivity index (χ4n) is 2.01. The third-order valence-electron chi connectivity index (χ3n) is 4.05. The van der Waals surface area contributed by atoms with Gasteiger partial charge in [0.1, 0.15) is 0 Å². The Hall–Kier alpha value is -1.85. The lowest BCUT2D eigenvalue weighted by molar-refractivity contribution is 0.0142. The number of carbonyl (C=O) groups is 1. The second kappa shape index (κ2) is 6.72. The van der Waals surface area contributed by atoms with Crippen LogP contribution in [0, 0.1) is 12.8 Å². The van der Waals surface area contributed by atoms with Crippen molar-refractivity contribution in [1.82, 2.24) is 15.1 Å². The van der Waals surface area contributed by atoms with E-state index in [0.717, 1.165) is 11.4 Å². The number of para-hydroxylation sites is 1. The minimum atomic E-state index is -0.962. The molecule has 0 bridgehead atoms. The molecular weight excluding hydrogens is 314 g/mol. The molecule has 1 atom stereocenters. The number of nitrogens with zero attached hydrogens (tertiary/aromatic N) is 2. The molecule has 0 fully saturated rings. The quantitative estimate of drug-likeness (QED) is 0.882. The minimum Gasteiger partial charge on any atom is -0.388 e. The summed E-state index contributed by atoms with van der Waals surface area (Å²) in [4.78, 5) is 12.3. The van der Waals surface area contributed by atoms with Gasteiger partial charge in [0.2, 0.25) is 0 Å². The Balaban J connectivity index is 2.18. The number of carbonyl (C=O) groups excluding carboxylic acids is 1. The number of benzene rings is 1. The second-order valence-electron chi connectivity index (χ2n) is 6.23. The van der Waals surface area contributed by atoms with Crippen molar-refractivity contribution in [1.29, 1.82) is 0 Å². The maximum absolute atomic E-state index is 12.3. The second-order valence-corrected chi connectivity index (χ2v) is 6.64. The van der Waals surface area contributed by atoms with E-state index in [4.69, 9.17) is 11.6 Å². The summed E-state index contributed by atoms with van der Waals surface area (Å²) in [7, 11) is 0. The molecule has 1 aromatic carbocycles. The van der Waals surface area contributed by atoms with Crippen LogP contribution in [0.5, 0.6) is 0 Å². The van der Waals surface area contributed by atoms with E-state index in [0.29, 0.717) is 10.7 Å². The van der Waals surface area contributed by atoms with Gasteiger partial charge in [-0.3, -0.25) is 4.79 Å². The highest BCUT2D eigenvalue weighted by Crippen LogP contribution is 2.21. The summed E-state index contributed by atoms with van der Waals surface area (Å²) in [6, 6.07) is 9.02. The highest BCUT2D eigenvalue weighted by molar-refractivity contribution is 6.32. The first-order valence-electron chi connectivity index (χ1n) is 7.54. The number of aryl methyl sites for hydroxylation is 1. The largest absolute Gasteiger partial charge is 0.388 e. The third kappa shape index (κ3) is 3.92. The predicted octanol–water partition coefficient (Wildman–Crippen LogP) is 2.97. The van der Waals surface area contributed by atoms with Gasteiger partial charge in [-0.1, -0.05) is 37.6 Å². The Labute approximate surface area is 141 Å². The van der Waals surface area contributed by atoms with Crippen molar-refractivity contribution in [2.24, 2.45) is 5.92 Å². The maximum Gasteiger partial charge on any atom is 0.271 e. The smallest absolute Gasteiger partial charge is 0.271 e. The molecule has 2 aromatic rings. The summed E-state index contributed by atoms with van der Waals surface area (Å²) in [5.74, 6) is -0.287. The Kier molecular flexibility index (Phi) is 5.12. The van der Waals surface area contributed by atoms with Gasteiger partial charge in [0, 0.05) is 12.2 Å². The van der Waals surface area contributed by atoms with Gasteiger partial charge in [0.05, 0.1) is 16.3 Å². The van der Waals surface area contributed by atoms with Gasteiger partial charge in [0.15, 0.2) is 5.69 Å². The molecule has 23 heavy (non-hydrogen) atoms. The van der Waals surface area contributed by atoms with Crippen LogP contribution in [-0.4, -0.2) is 32.9 Å². The summed E-state index contributed by atoms with van der Waals surface area (Å²) >= 11 is 6.18. The molecule has 0 radical (unpaired) electrons. The number of aliphatic hydroxyl groups is 1. The van der Waals surface area contributed by atoms with Gasteiger partial charge >= 0.3 is 0 Å². The molecule has 5 nitrogen and oxygen atoms in total. The molecule has 6 heteroatoms. The first kappa shape index (κ1) is 17.5. The minimum absolute atomic E-state index is 0.0326. The van der Waals surface area contributed by atoms with E-state index in [1.54, 1.807) is 23.7 Å². The fraction of sp³-hybridized carbons (Fsp3) is 0.412. The SMILES string of the molecule is Cc1cc(C(=O)NCC(C)(O)C(C)C)nn1-c1ccccc1Cl. The molecule has 2 N–H and O–H groups in total. The predicted molar refractivity (Wildman–Crippen MR) is 91.1 cm³/mol. The van der Waals surface area contributed by atoms with Gasteiger partial charge < -0.3 is 10.4 Å². The zero-order valence-corrected chi connectivity index (χ0v) is 14.6. The highest BCUT2D eigenvalue weighted by Gasteiger charge is 2.26. The van der Waals surface area contributed by atoms with Crippen molar-refractivity contribution >= 4 is 17.5 Å². The van der Waals surface area contributed by atoms with Crippen molar-refractivity contribution in [3.63, 3.8) is 0 Å². The Morgan fingerprint density at radius 2 is 2.09 bits per heavy atom. The van der Waals surface area contributed by atoms with E-state index in [2.05, 4.69) is 10.4 Å². The normalized spacial score (nSPS) is 13.9. The standard InChI is InChI=1S/C17H22ClN3O2/c1-11(2)17(4,23)10-19-16(22)14-9-12(3)21(20-14)15-8-6-5-7-13(15)18/h5-9,11,23H,10H2,1-4H3,(H,19,22). The Morgan fingerprint density at radius 1 is 1.43 bits per heavy atom. The number of halogens is 1.